The number of hydrogen-bond donors (Lipinski definition) is 0. The van der Waals surface area contributed by atoms with Gasteiger partial charge in [-0.3, -0.25) is 4.79 Å². The molecule has 2 aromatic carbocycles. The second-order valence-corrected chi connectivity index (χ2v) is 5.43. The van der Waals surface area contributed by atoms with Gasteiger partial charge in [-0.25, -0.2) is 0 Å². The van der Waals surface area contributed by atoms with Crippen molar-refractivity contribution in [1.82, 2.24) is 0 Å². The minimum atomic E-state index is -0.122. The molecule has 26 heavy (non-hydrogen) atoms. The average molecular weight is 351 g/mol. The maximum atomic E-state index is 12.3. The summed E-state index contributed by atoms with van der Waals surface area (Å²) in [6.45, 7) is 2.61. The minimum absolute atomic E-state index is 0.0207. The second-order valence-electron chi connectivity index (χ2n) is 5.43. The van der Waals surface area contributed by atoms with Crippen LogP contribution in [0.1, 0.15) is 29.3 Å². The van der Waals surface area contributed by atoms with Gasteiger partial charge in [-0.05, 0) is 54.5 Å². The number of benzene rings is 2. The largest absolute Gasteiger partial charge is 0.493 e. The van der Waals surface area contributed by atoms with Crippen LogP contribution in [0.4, 0.5) is 0 Å². The Balaban J connectivity index is 2.08. The van der Waals surface area contributed by atoms with Gasteiger partial charge in [-0.2, -0.15) is 5.26 Å². The number of allylic oxidation sites excluding steroid dienone is 1. The van der Waals surface area contributed by atoms with Gasteiger partial charge in [0.2, 0.25) is 0 Å². The highest BCUT2D eigenvalue weighted by atomic mass is 16.5. The Hall–Kier alpha value is -3.26. The van der Waals surface area contributed by atoms with E-state index in [1.54, 1.807) is 37.5 Å². The molecule has 0 amide bonds. The van der Waals surface area contributed by atoms with Gasteiger partial charge in [-0.15, -0.1) is 0 Å². The number of ether oxygens (including phenoxy) is 3. The topological polar surface area (TPSA) is 68.5 Å². The molecule has 0 spiro atoms. The second kappa shape index (κ2) is 9.90. The Labute approximate surface area is 153 Å². The molecule has 2 aromatic rings. The first kappa shape index (κ1) is 19.1. The zero-order valence-electron chi connectivity index (χ0n) is 14.9. The maximum absolute atomic E-state index is 12.3. The van der Waals surface area contributed by atoms with E-state index < -0.39 is 0 Å². The number of nitrogens with zero attached hydrogens (tertiary/aromatic N) is 1. The quantitative estimate of drug-likeness (QED) is 0.498. The van der Waals surface area contributed by atoms with E-state index in [9.17, 15) is 4.79 Å². The molecule has 2 rings (SSSR count). The lowest BCUT2D eigenvalue weighted by atomic mass is 10.1. The first-order valence-electron chi connectivity index (χ1n) is 8.31. The number of methoxy groups -OCH3 is 1. The Morgan fingerprint density at radius 3 is 2.54 bits per heavy atom. The third-order valence-electron chi connectivity index (χ3n) is 3.52. The zero-order chi connectivity index (χ0) is 18.8. The molecule has 0 radical (unpaired) electrons. The summed E-state index contributed by atoms with van der Waals surface area (Å²) >= 11 is 0. The predicted octanol–water partition coefficient (Wildman–Crippen LogP) is 4.28. The summed E-state index contributed by atoms with van der Waals surface area (Å²) < 4.78 is 16.1. The normalized spacial score (nSPS) is 10.3. The molecule has 0 aliphatic heterocycles. The Bertz CT molecular complexity index is 804. The van der Waals surface area contributed by atoms with Crippen LogP contribution in [0, 0.1) is 11.3 Å². The Morgan fingerprint density at radius 2 is 1.88 bits per heavy atom. The lowest BCUT2D eigenvalue weighted by molar-refractivity contribution is 0.104. The van der Waals surface area contributed by atoms with E-state index >= 15 is 0 Å². The molecule has 0 saturated carbocycles. The molecule has 134 valence electrons. The number of carbonyl (C=O) groups is 1. The molecular formula is C21H21NO4. The van der Waals surface area contributed by atoms with Gasteiger partial charge in [0, 0.05) is 5.56 Å². The van der Waals surface area contributed by atoms with Gasteiger partial charge in [-0.1, -0.05) is 19.1 Å². The number of hydrogen-bond acceptors (Lipinski definition) is 5. The van der Waals surface area contributed by atoms with Crippen LogP contribution >= 0.6 is 0 Å². The third-order valence-corrected chi connectivity index (χ3v) is 3.52. The number of carbonyl (C=O) groups excluding carboxylic acids is 1. The van der Waals surface area contributed by atoms with Gasteiger partial charge >= 0.3 is 0 Å². The number of ketones is 1. The molecule has 0 aliphatic carbocycles. The SMILES string of the molecule is CCCOc1cc(/C=C/C(=O)c2ccc(OCC#N)cc2)ccc1OC. The first-order chi connectivity index (χ1) is 12.7. The van der Waals surface area contributed by atoms with Crippen LogP contribution in [-0.4, -0.2) is 26.1 Å². The van der Waals surface area contributed by atoms with Crippen LogP contribution in [0.15, 0.2) is 48.5 Å². The lowest BCUT2D eigenvalue weighted by Crippen LogP contribution is -1.98. The maximum Gasteiger partial charge on any atom is 0.185 e. The van der Waals surface area contributed by atoms with Crippen LogP contribution in [-0.2, 0) is 0 Å². The van der Waals surface area contributed by atoms with E-state index in [0.29, 0.717) is 29.4 Å². The van der Waals surface area contributed by atoms with Gasteiger partial charge in [0.05, 0.1) is 13.7 Å². The van der Waals surface area contributed by atoms with Gasteiger partial charge < -0.3 is 14.2 Å². The number of nitriles is 1. The third kappa shape index (κ3) is 5.38. The molecule has 0 bridgehead atoms. The molecule has 0 unspecified atom stereocenters. The smallest absolute Gasteiger partial charge is 0.185 e. The molecule has 0 fully saturated rings. The Morgan fingerprint density at radius 1 is 1.12 bits per heavy atom. The fourth-order valence-corrected chi connectivity index (χ4v) is 2.22. The van der Waals surface area contributed by atoms with Crippen molar-refractivity contribution < 1.29 is 19.0 Å². The average Bonchev–Trinajstić information content (AvgIpc) is 2.69. The highest BCUT2D eigenvalue weighted by Crippen LogP contribution is 2.28. The fourth-order valence-electron chi connectivity index (χ4n) is 2.22. The molecular weight excluding hydrogens is 330 g/mol. The lowest BCUT2D eigenvalue weighted by Gasteiger charge is -2.10. The zero-order valence-corrected chi connectivity index (χ0v) is 14.9. The summed E-state index contributed by atoms with van der Waals surface area (Å²) in [5, 5.41) is 8.49. The first-order valence-corrected chi connectivity index (χ1v) is 8.31. The van der Waals surface area contributed by atoms with E-state index in [0.717, 1.165) is 12.0 Å². The summed E-state index contributed by atoms with van der Waals surface area (Å²) in [5.74, 6) is 1.75. The molecule has 0 aromatic heterocycles. The molecule has 0 N–H and O–H groups in total. The van der Waals surface area contributed by atoms with Gasteiger partial charge in [0.1, 0.15) is 11.8 Å². The monoisotopic (exact) mass is 351 g/mol. The molecule has 0 atom stereocenters. The van der Waals surface area contributed by atoms with Gasteiger partial charge in [0.25, 0.3) is 0 Å². The predicted molar refractivity (Wildman–Crippen MR) is 99.7 cm³/mol. The summed E-state index contributed by atoms with van der Waals surface area (Å²) in [4.78, 5) is 12.3. The Kier molecular flexibility index (Phi) is 7.26. The van der Waals surface area contributed by atoms with Crippen molar-refractivity contribution in [3.63, 3.8) is 0 Å². The van der Waals surface area contributed by atoms with Crippen molar-refractivity contribution in [3.8, 4) is 23.3 Å². The van der Waals surface area contributed by atoms with E-state index in [4.69, 9.17) is 19.5 Å². The highest BCUT2D eigenvalue weighted by molar-refractivity contribution is 6.06. The number of rotatable bonds is 9. The fraction of sp³-hybridized carbons (Fsp3) is 0.238. The summed E-state index contributed by atoms with van der Waals surface area (Å²) in [6.07, 6.45) is 4.15. The van der Waals surface area contributed by atoms with Crippen molar-refractivity contribution in [2.75, 3.05) is 20.3 Å². The van der Waals surface area contributed by atoms with E-state index in [1.807, 2.05) is 31.2 Å². The molecule has 0 saturated heterocycles. The molecule has 5 nitrogen and oxygen atoms in total. The summed E-state index contributed by atoms with van der Waals surface area (Å²) in [6, 6.07) is 14.1. The van der Waals surface area contributed by atoms with Gasteiger partial charge in [0.15, 0.2) is 23.9 Å². The van der Waals surface area contributed by atoms with Crippen molar-refractivity contribution in [1.29, 1.82) is 5.26 Å². The van der Waals surface area contributed by atoms with Crippen molar-refractivity contribution in [2.45, 2.75) is 13.3 Å². The van der Waals surface area contributed by atoms with Crippen molar-refractivity contribution in [3.05, 3.63) is 59.7 Å². The summed E-state index contributed by atoms with van der Waals surface area (Å²) in [7, 11) is 1.59. The van der Waals surface area contributed by atoms with E-state index in [-0.39, 0.29) is 12.4 Å². The summed E-state index contributed by atoms with van der Waals surface area (Å²) in [5.41, 5.74) is 1.39. The minimum Gasteiger partial charge on any atom is -0.493 e. The van der Waals surface area contributed by atoms with E-state index in [1.165, 1.54) is 6.08 Å². The van der Waals surface area contributed by atoms with Crippen LogP contribution in [0.5, 0.6) is 17.2 Å². The standard InChI is InChI=1S/C21H21NO4/c1-3-13-26-21-15-16(5-11-20(21)24-2)4-10-19(23)17-6-8-18(9-7-17)25-14-12-22/h4-11,15H,3,13-14H2,1-2H3/b10-4+. The van der Waals surface area contributed by atoms with Crippen LogP contribution in [0.2, 0.25) is 0 Å². The van der Waals surface area contributed by atoms with Crippen molar-refractivity contribution in [2.24, 2.45) is 0 Å². The van der Waals surface area contributed by atoms with Crippen LogP contribution in [0.25, 0.3) is 6.08 Å². The van der Waals surface area contributed by atoms with Crippen molar-refractivity contribution >= 4 is 11.9 Å². The highest BCUT2D eigenvalue weighted by Gasteiger charge is 2.06. The molecule has 0 aliphatic rings. The van der Waals surface area contributed by atoms with E-state index in [2.05, 4.69) is 0 Å². The van der Waals surface area contributed by atoms with Crippen LogP contribution in [0.3, 0.4) is 0 Å². The molecule has 5 heteroatoms. The molecule has 0 heterocycles. The van der Waals surface area contributed by atoms with Crippen LogP contribution < -0.4 is 14.2 Å².